The van der Waals surface area contributed by atoms with Crippen molar-refractivity contribution in [3.05, 3.63) is 41.7 Å². The second kappa shape index (κ2) is 5.99. The van der Waals surface area contributed by atoms with E-state index < -0.39 is 0 Å². The van der Waals surface area contributed by atoms with Gasteiger partial charge in [-0.05, 0) is 24.6 Å². The van der Waals surface area contributed by atoms with Crippen LogP contribution in [-0.2, 0) is 26.5 Å². The normalized spacial score (nSPS) is 9.82. The summed E-state index contributed by atoms with van der Waals surface area (Å²) in [5, 5.41) is 4.50. The standard InChI is InChI=1S/C13H15N2O.Ir/c1-4-13-10(2)9-15(14-13)11-5-7-12(16-3)8-6-11;/h5,7-9H,4H2,1-3H3;/q-1;. The number of methoxy groups -OCH3 is 1. The zero-order valence-corrected chi connectivity index (χ0v) is 12.5. The number of rotatable bonds is 3. The smallest absolute Gasteiger partial charge is 0.0654 e. The van der Waals surface area contributed by atoms with Crippen molar-refractivity contribution in [2.75, 3.05) is 7.11 Å². The fourth-order valence-electron chi connectivity index (χ4n) is 1.64. The monoisotopic (exact) mass is 408 g/mol. The van der Waals surface area contributed by atoms with Gasteiger partial charge >= 0.3 is 0 Å². The van der Waals surface area contributed by atoms with E-state index in [1.54, 1.807) is 7.11 Å². The van der Waals surface area contributed by atoms with E-state index in [0.29, 0.717) is 0 Å². The number of hydrogen-bond acceptors (Lipinski definition) is 2. The van der Waals surface area contributed by atoms with Crippen LogP contribution in [-0.4, -0.2) is 16.9 Å². The average Bonchev–Trinajstić information content (AvgIpc) is 2.71. The summed E-state index contributed by atoms with van der Waals surface area (Å²) >= 11 is 0. The molecule has 0 saturated carbocycles. The Balaban J connectivity index is 0.00000144. The molecule has 0 bridgehead atoms. The average molecular weight is 407 g/mol. The maximum absolute atomic E-state index is 5.09. The molecule has 0 saturated heterocycles. The Hall–Kier alpha value is -1.12. The van der Waals surface area contributed by atoms with Crippen LogP contribution in [0.15, 0.2) is 24.4 Å². The first-order valence-corrected chi connectivity index (χ1v) is 5.36. The third kappa shape index (κ3) is 2.96. The second-order valence-electron chi connectivity index (χ2n) is 3.67. The molecule has 0 spiro atoms. The van der Waals surface area contributed by atoms with E-state index in [0.717, 1.165) is 23.6 Å². The molecular formula is C13H15IrN2O-. The third-order valence-corrected chi connectivity index (χ3v) is 2.58. The fourth-order valence-corrected chi connectivity index (χ4v) is 1.64. The molecule has 0 N–H and O–H groups in total. The first-order chi connectivity index (χ1) is 7.74. The van der Waals surface area contributed by atoms with Gasteiger partial charge in [0.2, 0.25) is 0 Å². The van der Waals surface area contributed by atoms with Gasteiger partial charge in [0.1, 0.15) is 0 Å². The third-order valence-electron chi connectivity index (χ3n) is 2.58. The molecule has 3 nitrogen and oxygen atoms in total. The van der Waals surface area contributed by atoms with Gasteiger partial charge in [0, 0.05) is 32.1 Å². The summed E-state index contributed by atoms with van der Waals surface area (Å²) in [6.45, 7) is 4.18. The van der Waals surface area contributed by atoms with Crippen molar-refractivity contribution in [2.24, 2.45) is 0 Å². The van der Waals surface area contributed by atoms with E-state index in [4.69, 9.17) is 4.74 Å². The van der Waals surface area contributed by atoms with Crippen molar-refractivity contribution in [2.45, 2.75) is 20.3 Å². The zero-order valence-electron chi connectivity index (χ0n) is 10.2. The molecular weight excluding hydrogens is 392 g/mol. The molecule has 2 aromatic rings. The van der Waals surface area contributed by atoms with Crippen molar-refractivity contribution >= 4 is 0 Å². The summed E-state index contributed by atoms with van der Waals surface area (Å²) in [6, 6.07) is 8.82. The number of aromatic nitrogens is 2. The molecule has 0 aliphatic rings. The number of nitrogens with zero attached hydrogens (tertiary/aromatic N) is 2. The van der Waals surface area contributed by atoms with E-state index in [1.807, 2.05) is 29.1 Å². The van der Waals surface area contributed by atoms with E-state index in [-0.39, 0.29) is 20.1 Å². The molecule has 1 heterocycles. The first kappa shape index (κ1) is 13.9. The van der Waals surface area contributed by atoms with E-state index in [9.17, 15) is 0 Å². The van der Waals surface area contributed by atoms with Gasteiger partial charge in [-0.25, -0.2) is 0 Å². The minimum atomic E-state index is 0. The fraction of sp³-hybridized carbons (Fsp3) is 0.308. The summed E-state index contributed by atoms with van der Waals surface area (Å²) in [6.07, 6.45) is 2.98. The van der Waals surface area contributed by atoms with Crippen LogP contribution in [0.2, 0.25) is 0 Å². The van der Waals surface area contributed by atoms with Gasteiger partial charge in [0.25, 0.3) is 0 Å². The molecule has 2 rings (SSSR count). The summed E-state index contributed by atoms with van der Waals surface area (Å²) in [5.74, 6) is 0.809. The van der Waals surface area contributed by atoms with Crippen LogP contribution in [0, 0.1) is 13.0 Å². The molecule has 0 amide bonds. The van der Waals surface area contributed by atoms with Crippen molar-refractivity contribution in [3.8, 4) is 11.4 Å². The number of benzene rings is 1. The van der Waals surface area contributed by atoms with Crippen LogP contribution < -0.4 is 4.74 Å². The Labute approximate surface area is 115 Å². The Kier molecular flexibility index (Phi) is 4.91. The van der Waals surface area contributed by atoms with Gasteiger partial charge in [0.05, 0.1) is 12.8 Å². The number of hydrogen-bond donors (Lipinski definition) is 0. The Morgan fingerprint density at radius 2 is 2.18 bits per heavy atom. The van der Waals surface area contributed by atoms with Gasteiger partial charge < -0.3 is 4.74 Å². The minimum absolute atomic E-state index is 0. The largest absolute Gasteiger partial charge is 0.554 e. The number of ether oxygens (including phenoxy) is 1. The summed E-state index contributed by atoms with van der Waals surface area (Å²) in [5.41, 5.74) is 3.28. The molecule has 17 heavy (non-hydrogen) atoms. The predicted octanol–water partition coefficient (Wildman–Crippen LogP) is 2.55. The van der Waals surface area contributed by atoms with Crippen LogP contribution in [0.4, 0.5) is 0 Å². The van der Waals surface area contributed by atoms with Crippen LogP contribution in [0.5, 0.6) is 5.75 Å². The van der Waals surface area contributed by atoms with Crippen molar-refractivity contribution < 1.29 is 24.8 Å². The van der Waals surface area contributed by atoms with E-state index in [2.05, 4.69) is 25.0 Å². The number of aryl methyl sites for hydroxylation is 2. The molecule has 0 aliphatic heterocycles. The van der Waals surface area contributed by atoms with Crippen LogP contribution in [0.1, 0.15) is 18.2 Å². The Bertz CT molecular complexity index is 477. The minimum Gasteiger partial charge on any atom is -0.554 e. The quantitative estimate of drug-likeness (QED) is 0.732. The molecule has 0 unspecified atom stereocenters. The van der Waals surface area contributed by atoms with Gasteiger partial charge in [0.15, 0.2) is 0 Å². The molecule has 0 fully saturated rings. The van der Waals surface area contributed by atoms with Crippen molar-refractivity contribution in [3.63, 3.8) is 0 Å². The van der Waals surface area contributed by atoms with Gasteiger partial charge in [-0.15, -0.1) is 18.2 Å². The van der Waals surface area contributed by atoms with Crippen LogP contribution >= 0.6 is 0 Å². The van der Waals surface area contributed by atoms with Gasteiger partial charge in [-0.2, -0.15) is 11.2 Å². The summed E-state index contributed by atoms with van der Waals surface area (Å²) < 4.78 is 6.95. The molecule has 0 atom stereocenters. The maximum Gasteiger partial charge on any atom is 0.0654 e. The summed E-state index contributed by atoms with van der Waals surface area (Å²) in [7, 11) is 1.65. The first-order valence-electron chi connectivity index (χ1n) is 5.36. The Morgan fingerprint density at radius 3 is 2.65 bits per heavy atom. The summed E-state index contributed by atoms with van der Waals surface area (Å²) in [4.78, 5) is 0. The maximum atomic E-state index is 5.09. The Morgan fingerprint density at radius 1 is 1.41 bits per heavy atom. The SMILES string of the molecule is CCc1nn(-c2[c-]cc(OC)cc2)cc1C.[Ir]. The van der Waals surface area contributed by atoms with Crippen LogP contribution in [0.3, 0.4) is 0 Å². The zero-order chi connectivity index (χ0) is 11.5. The molecule has 4 heteroatoms. The predicted molar refractivity (Wildman–Crippen MR) is 63.1 cm³/mol. The van der Waals surface area contributed by atoms with E-state index in [1.165, 1.54) is 5.56 Å². The molecule has 1 aromatic carbocycles. The van der Waals surface area contributed by atoms with Crippen LogP contribution in [0.25, 0.3) is 5.69 Å². The molecule has 1 radical (unpaired) electrons. The van der Waals surface area contributed by atoms with Gasteiger partial charge in [-0.1, -0.05) is 6.92 Å². The second-order valence-corrected chi connectivity index (χ2v) is 3.67. The molecule has 1 aromatic heterocycles. The molecule has 0 aliphatic carbocycles. The topological polar surface area (TPSA) is 27.1 Å². The van der Waals surface area contributed by atoms with Gasteiger partial charge in [-0.3, -0.25) is 4.68 Å². The van der Waals surface area contributed by atoms with Crippen molar-refractivity contribution in [1.29, 1.82) is 0 Å². The van der Waals surface area contributed by atoms with E-state index >= 15 is 0 Å². The van der Waals surface area contributed by atoms with Crippen molar-refractivity contribution in [1.82, 2.24) is 9.78 Å². The molecule has 93 valence electrons.